The van der Waals surface area contributed by atoms with Crippen molar-refractivity contribution in [2.24, 2.45) is 0 Å². The molecule has 0 radical (unpaired) electrons. The summed E-state index contributed by atoms with van der Waals surface area (Å²) in [6.07, 6.45) is 0.952. The number of rotatable bonds is 4. The van der Waals surface area contributed by atoms with Gasteiger partial charge < -0.3 is 0 Å². The Morgan fingerprint density at radius 1 is 1.00 bits per heavy atom. The van der Waals surface area contributed by atoms with Crippen molar-refractivity contribution in [2.75, 3.05) is 11.0 Å². The number of sulfone groups is 1. The summed E-state index contributed by atoms with van der Waals surface area (Å²) in [6.45, 7) is 1.83. The molecular formula is C15H14N2O4S2. The smallest absolute Gasteiger partial charge is 0.261 e. The number of benzene rings is 2. The molecule has 0 saturated heterocycles. The van der Waals surface area contributed by atoms with Crippen molar-refractivity contribution in [3.63, 3.8) is 0 Å². The summed E-state index contributed by atoms with van der Waals surface area (Å²) in [5, 5.41) is 8.87. The molecule has 0 saturated carbocycles. The van der Waals surface area contributed by atoms with Gasteiger partial charge >= 0.3 is 0 Å². The summed E-state index contributed by atoms with van der Waals surface area (Å²) in [6, 6.07) is 11.7. The van der Waals surface area contributed by atoms with Crippen molar-refractivity contribution in [2.45, 2.75) is 16.7 Å². The summed E-state index contributed by atoms with van der Waals surface area (Å²) in [4.78, 5) is -0.223. The van der Waals surface area contributed by atoms with Gasteiger partial charge in [-0.25, -0.2) is 16.8 Å². The average molecular weight is 350 g/mol. The van der Waals surface area contributed by atoms with Gasteiger partial charge in [0.25, 0.3) is 10.0 Å². The van der Waals surface area contributed by atoms with Crippen LogP contribution in [-0.2, 0) is 19.9 Å². The zero-order valence-electron chi connectivity index (χ0n) is 12.4. The molecule has 0 aliphatic heterocycles. The standard InChI is InChI=1S/C15H14N2O4S2/c1-11-3-6-13(7-4-11)23(20,21)17-14-8-5-12(10-16)9-15(14)22(2,18)19/h3-9,17H,1-2H3. The molecule has 0 aromatic heterocycles. The number of sulfonamides is 1. The van der Waals surface area contributed by atoms with E-state index in [0.29, 0.717) is 0 Å². The van der Waals surface area contributed by atoms with Gasteiger partial charge in [0.1, 0.15) is 0 Å². The molecule has 0 heterocycles. The van der Waals surface area contributed by atoms with Gasteiger partial charge in [0.05, 0.1) is 27.1 Å². The predicted octanol–water partition coefficient (Wildman–Crippen LogP) is 2.07. The molecule has 6 nitrogen and oxygen atoms in total. The fourth-order valence-electron chi connectivity index (χ4n) is 1.90. The van der Waals surface area contributed by atoms with E-state index in [4.69, 9.17) is 5.26 Å². The Labute approximate surface area is 135 Å². The summed E-state index contributed by atoms with van der Waals surface area (Å²) in [5.41, 5.74) is 0.940. The molecule has 0 spiro atoms. The van der Waals surface area contributed by atoms with Crippen molar-refractivity contribution < 1.29 is 16.8 Å². The number of nitriles is 1. The molecule has 1 N–H and O–H groups in total. The normalized spacial score (nSPS) is 11.7. The molecule has 23 heavy (non-hydrogen) atoms. The Balaban J connectivity index is 2.52. The van der Waals surface area contributed by atoms with Crippen molar-refractivity contribution in [3.8, 4) is 6.07 Å². The van der Waals surface area contributed by atoms with Gasteiger partial charge in [-0.05, 0) is 37.3 Å². The Morgan fingerprint density at radius 3 is 2.13 bits per heavy atom. The minimum absolute atomic E-state index is 0.0203. The molecular weight excluding hydrogens is 336 g/mol. The van der Waals surface area contributed by atoms with Crippen molar-refractivity contribution in [1.82, 2.24) is 0 Å². The first kappa shape index (κ1) is 17.0. The third kappa shape index (κ3) is 3.88. The van der Waals surface area contributed by atoms with Crippen LogP contribution >= 0.6 is 0 Å². The van der Waals surface area contributed by atoms with Gasteiger partial charge in [-0.3, -0.25) is 4.72 Å². The Hall–Kier alpha value is -2.37. The molecule has 2 aromatic carbocycles. The number of hydrogen-bond donors (Lipinski definition) is 1. The number of hydrogen-bond acceptors (Lipinski definition) is 5. The highest BCUT2D eigenvalue weighted by Gasteiger charge is 2.20. The number of nitrogens with zero attached hydrogens (tertiary/aromatic N) is 1. The highest BCUT2D eigenvalue weighted by Crippen LogP contribution is 2.25. The maximum atomic E-state index is 12.4. The van der Waals surface area contributed by atoms with Crippen LogP contribution in [0.2, 0.25) is 0 Å². The summed E-state index contributed by atoms with van der Waals surface area (Å²) < 4.78 is 50.7. The van der Waals surface area contributed by atoms with E-state index in [-0.39, 0.29) is 21.0 Å². The second kappa shape index (κ2) is 6.02. The molecule has 0 aliphatic rings. The predicted molar refractivity (Wildman–Crippen MR) is 86.3 cm³/mol. The number of nitrogens with one attached hydrogen (secondary N) is 1. The second-order valence-corrected chi connectivity index (χ2v) is 8.68. The van der Waals surface area contributed by atoms with Crippen molar-refractivity contribution >= 4 is 25.5 Å². The molecule has 0 fully saturated rings. The topological polar surface area (TPSA) is 104 Å². The SMILES string of the molecule is Cc1ccc(S(=O)(=O)Nc2ccc(C#N)cc2S(C)(=O)=O)cc1. The van der Waals surface area contributed by atoms with Gasteiger partial charge in [-0.1, -0.05) is 17.7 Å². The van der Waals surface area contributed by atoms with Crippen molar-refractivity contribution in [3.05, 3.63) is 53.6 Å². The second-order valence-electron chi connectivity index (χ2n) is 5.01. The lowest BCUT2D eigenvalue weighted by molar-refractivity contribution is 0.601. The molecule has 2 aromatic rings. The largest absolute Gasteiger partial charge is 0.278 e. The summed E-state index contributed by atoms with van der Waals surface area (Å²) in [5.74, 6) is 0. The van der Waals surface area contributed by atoms with Gasteiger partial charge in [0, 0.05) is 6.26 Å². The fourth-order valence-corrected chi connectivity index (χ4v) is 3.91. The summed E-state index contributed by atoms with van der Waals surface area (Å²) >= 11 is 0. The van der Waals surface area contributed by atoms with Crippen LogP contribution in [0.5, 0.6) is 0 Å². The van der Waals surface area contributed by atoms with E-state index < -0.39 is 19.9 Å². The first-order valence-corrected chi connectivity index (χ1v) is 9.84. The van der Waals surface area contributed by atoms with Crippen molar-refractivity contribution in [1.29, 1.82) is 5.26 Å². The quantitative estimate of drug-likeness (QED) is 0.909. The van der Waals surface area contributed by atoms with Gasteiger partial charge in [0.2, 0.25) is 0 Å². The van der Waals surface area contributed by atoms with E-state index >= 15 is 0 Å². The molecule has 8 heteroatoms. The first-order valence-electron chi connectivity index (χ1n) is 6.47. The molecule has 2 rings (SSSR count). The third-order valence-corrected chi connectivity index (χ3v) is 5.60. The maximum Gasteiger partial charge on any atom is 0.261 e. The van der Waals surface area contributed by atoms with E-state index in [2.05, 4.69) is 4.72 Å². The van der Waals surface area contributed by atoms with E-state index in [0.717, 1.165) is 17.9 Å². The zero-order chi connectivity index (χ0) is 17.3. The molecule has 0 aliphatic carbocycles. The van der Waals surface area contributed by atoms with Crippen LogP contribution in [0.25, 0.3) is 0 Å². The van der Waals surface area contributed by atoms with Crippen LogP contribution in [0.3, 0.4) is 0 Å². The third-order valence-electron chi connectivity index (χ3n) is 3.09. The minimum Gasteiger partial charge on any atom is -0.278 e. The molecule has 120 valence electrons. The van der Waals surface area contributed by atoms with Crippen LogP contribution in [0.4, 0.5) is 5.69 Å². The van der Waals surface area contributed by atoms with Crippen LogP contribution in [-0.4, -0.2) is 23.1 Å². The number of aryl methyl sites for hydroxylation is 1. The highest BCUT2D eigenvalue weighted by atomic mass is 32.2. The Bertz CT molecular complexity index is 987. The first-order chi connectivity index (χ1) is 10.6. The van der Waals surface area contributed by atoms with E-state index in [1.54, 1.807) is 12.1 Å². The highest BCUT2D eigenvalue weighted by molar-refractivity contribution is 7.93. The minimum atomic E-state index is -3.93. The van der Waals surface area contributed by atoms with Crippen LogP contribution in [0.15, 0.2) is 52.3 Å². The molecule has 0 amide bonds. The van der Waals surface area contributed by atoms with Crippen LogP contribution < -0.4 is 4.72 Å². The summed E-state index contributed by atoms with van der Waals surface area (Å²) in [7, 11) is -7.64. The molecule has 0 unspecified atom stereocenters. The van der Waals surface area contributed by atoms with Gasteiger partial charge in [0.15, 0.2) is 9.84 Å². The maximum absolute atomic E-state index is 12.4. The van der Waals surface area contributed by atoms with E-state index in [1.165, 1.54) is 24.3 Å². The lowest BCUT2D eigenvalue weighted by Crippen LogP contribution is -2.15. The Kier molecular flexibility index (Phi) is 4.45. The van der Waals surface area contributed by atoms with E-state index in [1.807, 2.05) is 13.0 Å². The van der Waals surface area contributed by atoms with E-state index in [9.17, 15) is 16.8 Å². The fraction of sp³-hybridized carbons (Fsp3) is 0.133. The lowest BCUT2D eigenvalue weighted by atomic mass is 10.2. The van der Waals surface area contributed by atoms with Crippen LogP contribution in [0, 0.1) is 18.3 Å². The average Bonchev–Trinajstić information content (AvgIpc) is 2.46. The zero-order valence-corrected chi connectivity index (χ0v) is 14.1. The number of anilines is 1. The van der Waals surface area contributed by atoms with Gasteiger partial charge in [-0.2, -0.15) is 5.26 Å². The molecule has 0 atom stereocenters. The van der Waals surface area contributed by atoms with Gasteiger partial charge in [-0.15, -0.1) is 0 Å². The lowest BCUT2D eigenvalue weighted by Gasteiger charge is -2.12. The molecule has 0 bridgehead atoms. The van der Waals surface area contributed by atoms with Crippen LogP contribution in [0.1, 0.15) is 11.1 Å². The monoisotopic (exact) mass is 350 g/mol. The Morgan fingerprint density at radius 2 is 1.61 bits per heavy atom.